The van der Waals surface area contributed by atoms with Crippen LogP contribution in [0, 0.1) is 6.92 Å². The van der Waals surface area contributed by atoms with Gasteiger partial charge in [0.25, 0.3) is 5.89 Å². The number of aryl methyl sites for hydroxylation is 1. The van der Waals surface area contributed by atoms with Gasteiger partial charge in [0.2, 0.25) is 11.5 Å². The monoisotopic (exact) mass is 370 g/mol. The maximum absolute atomic E-state index is 15.7. The fourth-order valence-electron chi connectivity index (χ4n) is 3.63. The van der Waals surface area contributed by atoms with Crippen LogP contribution in [0.4, 0.5) is 4.39 Å². The van der Waals surface area contributed by atoms with Crippen molar-refractivity contribution in [3.63, 3.8) is 0 Å². The van der Waals surface area contributed by atoms with Crippen molar-refractivity contribution in [3.8, 4) is 11.4 Å². The minimum Gasteiger partial charge on any atom is -0.335 e. The van der Waals surface area contributed by atoms with Crippen LogP contribution in [0.1, 0.15) is 36.9 Å². The van der Waals surface area contributed by atoms with Crippen LogP contribution in [0.5, 0.6) is 0 Å². The molecule has 27 heavy (non-hydrogen) atoms. The number of nitrogens with zero attached hydrogens (tertiary/aromatic N) is 6. The van der Waals surface area contributed by atoms with Crippen LogP contribution >= 0.6 is 0 Å². The zero-order valence-electron chi connectivity index (χ0n) is 15.6. The molecule has 0 aliphatic carbocycles. The minimum atomic E-state index is -1.63. The number of pyridine rings is 1. The normalized spacial score (nSPS) is 20.9. The summed E-state index contributed by atoms with van der Waals surface area (Å²) in [5.41, 5.74) is 1.39. The summed E-state index contributed by atoms with van der Waals surface area (Å²) in [5, 5.41) is 8.34. The molecule has 142 valence electrons. The van der Waals surface area contributed by atoms with Crippen LogP contribution in [0.2, 0.25) is 0 Å². The van der Waals surface area contributed by atoms with Crippen molar-refractivity contribution in [2.24, 2.45) is 0 Å². The lowest BCUT2D eigenvalue weighted by atomic mass is 9.94. The molecular formula is C19H23FN6O. The first-order chi connectivity index (χ1) is 13.1. The molecule has 0 N–H and O–H groups in total. The molecule has 0 aromatic carbocycles. The van der Waals surface area contributed by atoms with Gasteiger partial charge in [-0.15, -0.1) is 0 Å². The fourth-order valence-corrected chi connectivity index (χ4v) is 3.63. The highest BCUT2D eigenvalue weighted by molar-refractivity contribution is 5.52. The first kappa shape index (κ1) is 17.8. The molecule has 1 saturated heterocycles. The van der Waals surface area contributed by atoms with Crippen molar-refractivity contribution in [3.05, 3.63) is 47.9 Å². The van der Waals surface area contributed by atoms with Gasteiger partial charge in [-0.3, -0.25) is 14.6 Å². The molecule has 1 aliphatic rings. The van der Waals surface area contributed by atoms with Crippen molar-refractivity contribution in [2.75, 3.05) is 13.1 Å². The number of hydrogen-bond donors (Lipinski definition) is 0. The van der Waals surface area contributed by atoms with Gasteiger partial charge in [-0.2, -0.15) is 10.1 Å². The van der Waals surface area contributed by atoms with Gasteiger partial charge in [0.1, 0.15) is 0 Å². The van der Waals surface area contributed by atoms with E-state index in [-0.39, 0.29) is 12.4 Å². The van der Waals surface area contributed by atoms with E-state index in [0.717, 1.165) is 36.3 Å². The average molecular weight is 370 g/mol. The Balaban J connectivity index is 1.51. The van der Waals surface area contributed by atoms with E-state index in [4.69, 9.17) is 4.52 Å². The third-order valence-electron chi connectivity index (χ3n) is 5.17. The van der Waals surface area contributed by atoms with Crippen molar-refractivity contribution in [2.45, 2.75) is 45.4 Å². The number of halogens is 1. The molecule has 1 aliphatic heterocycles. The third-order valence-corrected chi connectivity index (χ3v) is 5.17. The number of hydrogen-bond acceptors (Lipinski definition) is 6. The van der Waals surface area contributed by atoms with Gasteiger partial charge in [-0.05, 0) is 45.4 Å². The average Bonchev–Trinajstić information content (AvgIpc) is 3.31. The third kappa shape index (κ3) is 3.49. The Morgan fingerprint density at radius 1 is 1.30 bits per heavy atom. The molecule has 3 aromatic rings. The first-order valence-electron chi connectivity index (χ1n) is 9.26. The lowest BCUT2D eigenvalue weighted by molar-refractivity contribution is 0.0123. The van der Waals surface area contributed by atoms with Crippen molar-refractivity contribution in [1.82, 2.24) is 29.8 Å². The molecule has 8 heteroatoms. The largest absolute Gasteiger partial charge is 0.335 e. The molecule has 1 atom stereocenters. The highest BCUT2D eigenvalue weighted by atomic mass is 19.1. The van der Waals surface area contributed by atoms with E-state index in [1.807, 2.05) is 10.9 Å². The summed E-state index contributed by atoms with van der Waals surface area (Å²) >= 11 is 0. The van der Waals surface area contributed by atoms with Gasteiger partial charge in [-0.25, -0.2) is 4.39 Å². The van der Waals surface area contributed by atoms with Gasteiger partial charge >= 0.3 is 0 Å². The molecular weight excluding hydrogens is 347 g/mol. The van der Waals surface area contributed by atoms with E-state index in [1.54, 1.807) is 24.5 Å². The number of rotatable bonds is 5. The van der Waals surface area contributed by atoms with Crippen LogP contribution < -0.4 is 0 Å². The Hall–Kier alpha value is -2.61. The molecule has 4 rings (SSSR count). The van der Waals surface area contributed by atoms with Crippen LogP contribution in [0.15, 0.2) is 35.2 Å². The molecule has 3 aromatic heterocycles. The molecule has 0 radical (unpaired) electrons. The summed E-state index contributed by atoms with van der Waals surface area (Å²) in [4.78, 5) is 10.4. The summed E-state index contributed by atoms with van der Waals surface area (Å²) in [7, 11) is 0. The predicted molar refractivity (Wildman–Crippen MR) is 97.5 cm³/mol. The lowest BCUT2D eigenvalue weighted by Gasteiger charge is -2.35. The van der Waals surface area contributed by atoms with Crippen LogP contribution in [0.25, 0.3) is 11.4 Å². The molecule has 7 nitrogen and oxygen atoms in total. The van der Waals surface area contributed by atoms with E-state index in [2.05, 4.69) is 39.0 Å². The van der Waals surface area contributed by atoms with E-state index < -0.39 is 5.67 Å². The number of piperidine rings is 1. The maximum atomic E-state index is 15.7. The van der Waals surface area contributed by atoms with Crippen LogP contribution in [-0.4, -0.2) is 42.9 Å². The van der Waals surface area contributed by atoms with Crippen molar-refractivity contribution < 1.29 is 8.91 Å². The molecule has 0 spiro atoms. The van der Waals surface area contributed by atoms with Crippen molar-refractivity contribution >= 4 is 0 Å². The Labute approximate surface area is 157 Å². The summed E-state index contributed by atoms with van der Waals surface area (Å²) in [6, 6.07) is 3.56. The summed E-state index contributed by atoms with van der Waals surface area (Å²) < 4.78 is 23.0. The number of alkyl halides is 1. The number of aromatic nitrogens is 5. The molecule has 4 heterocycles. The number of likely N-dealkylation sites (tertiary alicyclic amines) is 1. The van der Waals surface area contributed by atoms with Gasteiger partial charge in [0.05, 0.1) is 6.20 Å². The molecule has 1 fully saturated rings. The van der Waals surface area contributed by atoms with Crippen LogP contribution in [-0.2, 0) is 18.8 Å². The van der Waals surface area contributed by atoms with E-state index >= 15 is 4.39 Å². The predicted octanol–water partition coefficient (Wildman–Crippen LogP) is 3.12. The lowest BCUT2D eigenvalue weighted by Crippen LogP contribution is -2.43. The highest BCUT2D eigenvalue weighted by Crippen LogP contribution is 2.36. The molecule has 0 bridgehead atoms. The molecule has 0 saturated carbocycles. The van der Waals surface area contributed by atoms with E-state index in [9.17, 15) is 0 Å². The van der Waals surface area contributed by atoms with Gasteiger partial charge in [0, 0.05) is 48.8 Å². The highest BCUT2D eigenvalue weighted by Gasteiger charge is 2.42. The second kappa shape index (κ2) is 7.19. The summed E-state index contributed by atoms with van der Waals surface area (Å²) in [5.74, 6) is 0.446. The quantitative estimate of drug-likeness (QED) is 0.687. The molecule has 0 amide bonds. The SMILES string of the molecule is CCn1ncc(CN2CCCC(F)(c3nc(-c4ccncc4)no3)C2)c1C. The van der Waals surface area contributed by atoms with Gasteiger partial charge < -0.3 is 4.52 Å². The minimum absolute atomic E-state index is 0.0555. The molecule has 1 unspecified atom stereocenters. The van der Waals surface area contributed by atoms with Gasteiger partial charge in [0.15, 0.2) is 0 Å². The Bertz CT molecular complexity index is 908. The van der Waals surface area contributed by atoms with Crippen LogP contribution in [0.3, 0.4) is 0 Å². The van der Waals surface area contributed by atoms with Crippen molar-refractivity contribution in [1.29, 1.82) is 0 Å². The standard InChI is InChI=1S/C19H23FN6O/c1-3-26-14(2)16(11-22-26)12-25-10-4-7-19(20,13-25)18-23-17(24-27-18)15-5-8-21-9-6-15/h5-6,8-9,11H,3-4,7,10,12-13H2,1-2H3. The first-order valence-corrected chi connectivity index (χ1v) is 9.26. The second-order valence-corrected chi connectivity index (χ2v) is 7.01. The zero-order valence-corrected chi connectivity index (χ0v) is 15.6. The Morgan fingerprint density at radius 2 is 2.11 bits per heavy atom. The Kier molecular flexibility index (Phi) is 4.73. The van der Waals surface area contributed by atoms with Gasteiger partial charge in [-0.1, -0.05) is 5.16 Å². The van der Waals surface area contributed by atoms with E-state index in [1.165, 1.54) is 0 Å². The topological polar surface area (TPSA) is 72.9 Å². The maximum Gasteiger partial charge on any atom is 0.265 e. The Morgan fingerprint density at radius 3 is 2.85 bits per heavy atom. The van der Waals surface area contributed by atoms with E-state index in [0.29, 0.717) is 18.8 Å². The smallest absolute Gasteiger partial charge is 0.265 e. The second-order valence-electron chi connectivity index (χ2n) is 7.01. The fraction of sp³-hybridized carbons (Fsp3) is 0.474. The summed E-state index contributed by atoms with van der Waals surface area (Å²) in [6.45, 7) is 6.70. The summed E-state index contributed by atoms with van der Waals surface area (Å²) in [6.07, 6.45) is 6.30. The zero-order chi connectivity index (χ0) is 18.9.